The molecule has 1 heterocycles. The van der Waals surface area contributed by atoms with E-state index in [1.807, 2.05) is 0 Å². The second-order valence-corrected chi connectivity index (χ2v) is 2.73. The van der Waals surface area contributed by atoms with E-state index < -0.39 is 16.8 Å². The Morgan fingerprint density at radius 2 is 1.50 bits per heavy atom. The third-order valence-electron chi connectivity index (χ3n) is 0.966. The van der Waals surface area contributed by atoms with E-state index in [0.717, 1.165) is 0 Å². The number of ether oxygens (including phenoxy) is 1. The third-order valence-corrected chi connectivity index (χ3v) is 1.64. The topological polar surface area (TPSA) is 12.5 Å². The van der Waals surface area contributed by atoms with Gasteiger partial charge < -0.3 is 0 Å². The molecule has 1 saturated heterocycles. The minimum absolute atomic E-state index is 1.76. The Morgan fingerprint density at radius 3 is 1.50 bits per heavy atom. The van der Waals surface area contributed by atoms with Crippen LogP contribution in [0.2, 0.25) is 0 Å². The number of alkyl halides is 6. The molecule has 1 nitrogen and oxygen atoms in total. The first-order valence-electron chi connectivity index (χ1n) is 2.04. The molecular weight excluding hydrogens is 227 g/mol. The minimum Gasteiger partial charge on any atom is -0.282 e. The molecule has 0 aromatic heterocycles. The zero-order valence-electron chi connectivity index (χ0n) is 4.18. The number of hydrogen-bond acceptors (Lipinski definition) is 1. The molecule has 0 amide bonds. The van der Waals surface area contributed by atoms with Crippen molar-refractivity contribution in [1.29, 1.82) is 0 Å². The molecule has 0 spiro atoms. The lowest BCUT2D eigenvalue weighted by atomic mass is 10.4. The van der Waals surface area contributed by atoms with Gasteiger partial charge in [0.2, 0.25) is 0 Å². The standard InChI is InChI=1S/C3BrF5O/c4-2(6)1(5,10-2)3(7,8)9. The normalized spacial score (nSPS) is 47.4. The van der Waals surface area contributed by atoms with E-state index >= 15 is 0 Å². The predicted octanol–water partition coefficient (Wildman–Crippen LogP) is 2.26. The van der Waals surface area contributed by atoms with Crippen LogP contribution in [0.4, 0.5) is 22.0 Å². The van der Waals surface area contributed by atoms with Crippen LogP contribution in [0.15, 0.2) is 0 Å². The maximum absolute atomic E-state index is 12.0. The smallest absolute Gasteiger partial charge is 0.282 e. The Hall–Kier alpha value is 0.0900. The molecule has 0 bridgehead atoms. The van der Waals surface area contributed by atoms with Crippen molar-refractivity contribution < 1.29 is 26.7 Å². The molecule has 0 saturated carbocycles. The Kier molecular flexibility index (Phi) is 1.34. The zero-order valence-corrected chi connectivity index (χ0v) is 5.76. The van der Waals surface area contributed by atoms with Crippen LogP contribution >= 0.6 is 15.9 Å². The molecule has 0 aliphatic carbocycles. The van der Waals surface area contributed by atoms with Crippen molar-refractivity contribution in [3.05, 3.63) is 0 Å². The highest BCUT2D eigenvalue weighted by molar-refractivity contribution is 9.10. The summed E-state index contributed by atoms with van der Waals surface area (Å²) < 4.78 is 57.7. The van der Waals surface area contributed by atoms with Crippen molar-refractivity contribution in [3.8, 4) is 0 Å². The zero-order chi connectivity index (χ0) is 8.21. The molecule has 1 rings (SSSR count). The average Bonchev–Trinajstić information content (AvgIpc) is 2.05. The Labute approximate surface area is 60.3 Å². The molecule has 2 unspecified atom stereocenters. The van der Waals surface area contributed by atoms with Gasteiger partial charge in [-0.25, -0.2) is 0 Å². The molecule has 1 aliphatic rings. The summed E-state index contributed by atoms with van der Waals surface area (Å²) in [5.74, 6) is -4.17. The summed E-state index contributed by atoms with van der Waals surface area (Å²) in [7, 11) is 0. The lowest BCUT2D eigenvalue weighted by Crippen LogP contribution is -2.31. The number of rotatable bonds is 0. The number of epoxide rings is 1. The summed E-state index contributed by atoms with van der Waals surface area (Å²) in [6.45, 7) is 0. The van der Waals surface area contributed by atoms with Gasteiger partial charge in [-0.1, -0.05) is 0 Å². The van der Waals surface area contributed by atoms with Crippen LogP contribution in [0.25, 0.3) is 0 Å². The Morgan fingerprint density at radius 1 is 1.20 bits per heavy atom. The molecule has 0 radical (unpaired) electrons. The summed E-state index contributed by atoms with van der Waals surface area (Å²) in [6.07, 6.45) is -5.33. The van der Waals surface area contributed by atoms with Gasteiger partial charge in [0.15, 0.2) is 0 Å². The maximum atomic E-state index is 12.0. The van der Waals surface area contributed by atoms with Gasteiger partial charge in [0.05, 0.1) is 0 Å². The van der Waals surface area contributed by atoms with Crippen molar-refractivity contribution in [2.75, 3.05) is 0 Å². The highest BCUT2D eigenvalue weighted by atomic mass is 79.9. The fraction of sp³-hybridized carbons (Fsp3) is 1.00. The van der Waals surface area contributed by atoms with Gasteiger partial charge in [-0.15, -0.1) is 0 Å². The first-order chi connectivity index (χ1) is 4.21. The molecule has 1 fully saturated rings. The monoisotopic (exact) mass is 226 g/mol. The van der Waals surface area contributed by atoms with Gasteiger partial charge in [0, 0.05) is 0 Å². The number of halogens is 6. The van der Waals surface area contributed by atoms with Crippen LogP contribution in [-0.4, -0.2) is 16.8 Å². The Balaban J connectivity index is 2.78. The predicted molar refractivity (Wildman–Crippen MR) is 23.7 cm³/mol. The van der Waals surface area contributed by atoms with Gasteiger partial charge in [-0.2, -0.15) is 22.0 Å². The van der Waals surface area contributed by atoms with E-state index in [0.29, 0.717) is 0 Å². The van der Waals surface area contributed by atoms with E-state index in [1.165, 1.54) is 0 Å². The second kappa shape index (κ2) is 1.63. The van der Waals surface area contributed by atoms with E-state index in [4.69, 9.17) is 0 Å². The highest BCUT2D eigenvalue weighted by Crippen LogP contribution is 2.62. The van der Waals surface area contributed by atoms with Crippen molar-refractivity contribution >= 4 is 15.9 Å². The first-order valence-corrected chi connectivity index (χ1v) is 2.84. The highest BCUT2D eigenvalue weighted by Gasteiger charge is 2.87. The van der Waals surface area contributed by atoms with E-state index in [9.17, 15) is 22.0 Å². The Bertz CT molecular complexity index is 165. The van der Waals surface area contributed by atoms with Crippen molar-refractivity contribution in [2.45, 2.75) is 16.8 Å². The maximum Gasteiger partial charge on any atom is 0.455 e. The van der Waals surface area contributed by atoms with Crippen LogP contribution < -0.4 is 0 Å². The van der Waals surface area contributed by atoms with E-state index in [2.05, 4.69) is 4.74 Å². The fourth-order valence-electron chi connectivity index (χ4n) is 0.374. The third kappa shape index (κ3) is 0.833. The molecule has 2 atom stereocenters. The summed E-state index contributed by atoms with van der Waals surface area (Å²) in [6, 6.07) is 0. The largest absolute Gasteiger partial charge is 0.455 e. The van der Waals surface area contributed by atoms with Crippen molar-refractivity contribution in [3.63, 3.8) is 0 Å². The van der Waals surface area contributed by atoms with Gasteiger partial charge >= 0.3 is 16.8 Å². The number of hydrogen-bond donors (Lipinski definition) is 0. The van der Waals surface area contributed by atoms with Crippen LogP contribution in [-0.2, 0) is 4.74 Å². The quantitative estimate of drug-likeness (QED) is 0.351. The molecule has 10 heavy (non-hydrogen) atoms. The van der Waals surface area contributed by atoms with Crippen LogP contribution in [0.1, 0.15) is 0 Å². The first kappa shape index (κ1) is 8.19. The molecular formula is C3BrF5O. The van der Waals surface area contributed by atoms with Crippen LogP contribution in [0, 0.1) is 0 Å². The molecule has 60 valence electrons. The summed E-state index contributed by atoms with van der Waals surface area (Å²) in [5.41, 5.74) is 0. The van der Waals surface area contributed by atoms with E-state index in [-0.39, 0.29) is 0 Å². The fourth-order valence-corrected chi connectivity index (χ4v) is 0.822. The lowest BCUT2D eigenvalue weighted by molar-refractivity contribution is -0.226. The minimum atomic E-state index is -5.33. The van der Waals surface area contributed by atoms with Gasteiger partial charge in [0.25, 0.3) is 0 Å². The summed E-state index contributed by atoms with van der Waals surface area (Å²) in [5, 5.41) is 0. The second-order valence-electron chi connectivity index (χ2n) is 1.71. The summed E-state index contributed by atoms with van der Waals surface area (Å²) >= 11 is 1.76. The van der Waals surface area contributed by atoms with Crippen molar-refractivity contribution in [1.82, 2.24) is 0 Å². The summed E-state index contributed by atoms with van der Waals surface area (Å²) in [4.78, 5) is 0. The molecule has 0 aromatic rings. The van der Waals surface area contributed by atoms with E-state index in [1.54, 1.807) is 15.9 Å². The molecule has 0 N–H and O–H groups in total. The SMILES string of the molecule is FC(F)(F)C1(F)OC1(F)Br. The van der Waals surface area contributed by atoms with Crippen LogP contribution in [0.3, 0.4) is 0 Å². The average molecular weight is 227 g/mol. The molecule has 7 heteroatoms. The lowest BCUT2D eigenvalue weighted by Gasteiger charge is -2.05. The van der Waals surface area contributed by atoms with Gasteiger partial charge in [0.1, 0.15) is 0 Å². The molecule has 1 aliphatic heterocycles. The van der Waals surface area contributed by atoms with Crippen LogP contribution in [0.5, 0.6) is 0 Å². The van der Waals surface area contributed by atoms with Gasteiger partial charge in [-0.3, -0.25) is 4.74 Å². The molecule has 0 aromatic carbocycles. The van der Waals surface area contributed by atoms with Gasteiger partial charge in [-0.05, 0) is 15.9 Å². The van der Waals surface area contributed by atoms with Crippen molar-refractivity contribution in [2.24, 2.45) is 0 Å².